The molecule has 2 nitrogen and oxygen atoms in total. The Hall–Kier alpha value is -0.640. The quantitative estimate of drug-likeness (QED) is 0.602. The molecule has 0 radical (unpaired) electrons. The predicted octanol–water partition coefficient (Wildman–Crippen LogP) is 3.17. The van der Waals surface area contributed by atoms with E-state index in [4.69, 9.17) is 17.4 Å². The molecular weight excluding hydrogens is 215 g/mol. The Bertz CT molecular complexity index is 317. The number of benzene rings is 1. The van der Waals surface area contributed by atoms with Gasteiger partial charge in [-0.1, -0.05) is 37.4 Å². The molecule has 0 amide bonds. The van der Waals surface area contributed by atoms with Crippen LogP contribution in [0.1, 0.15) is 37.8 Å². The van der Waals surface area contributed by atoms with Gasteiger partial charge in [-0.15, -0.1) is 0 Å². The predicted molar refractivity (Wildman–Crippen MR) is 61.0 cm³/mol. The second kappa shape index (κ2) is 6.05. The van der Waals surface area contributed by atoms with Crippen molar-refractivity contribution in [3.8, 4) is 0 Å². The Labute approximate surface area is 94.6 Å². The fourth-order valence-corrected chi connectivity index (χ4v) is 1.60. The molecule has 3 N–H and O–H groups in total. The van der Waals surface area contributed by atoms with Gasteiger partial charge in [0.1, 0.15) is 5.82 Å². The van der Waals surface area contributed by atoms with Crippen molar-refractivity contribution in [3.05, 3.63) is 34.6 Å². The molecule has 4 heteroatoms. The normalized spacial score (nSPS) is 12.8. The van der Waals surface area contributed by atoms with Gasteiger partial charge in [0.2, 0.25) is 0 Å². The number of nitrogens with one attached hydrogen (secondary N) is 1. The number of hydrogen-bond acceptors (Lipinski definition) is 2. The second-order valence-corrected chi connectivity index (χ2v) is 3.94. The first-order valence-electron chi connectivity index (χ1n) is 5.10. The molecule has 0 saturated carbocycles. The van der Waals surface area contributed by atoms with Gasteiger partial charge in [0.25, 0.3) is 0 Å². The molecule has 0 aliphatic rings. The average Bonchev–Trinajstić information content (AvgIpc) is 2.24. The summed E-state index contributed by atoms with van der Waals surface area (Å²) in [5.41, 5.74) is 3.53. The summed E-state index contributed by atoms with van der Waals surface area (Å²) in [5, 5.41) is 0.144. The van der Waals surface area contributed by atoms with E-state index in [1.165, 1.54) is 6.07 Å². The highest BCUT2D eigenvalue weighted by Crippen LogP contribution is 2.23. The van der Waals surface area contributed by atoms with Crippen molar-refractivity contribution in [2.45, 2.75) is 32.2 Å². The Balaban J connectivity index is 2.78. The Morgan fingerprint density at radius 1 is 1.53 bits per heavy atom. The van der Waals surface area contributed by atoms with E-state index in [9.17, 15) is 4.39 Å². The molecule has 1 aromatic carbocycles. The minimum Gasteiger partial charge on any atom is -0.271 e. The van der Waals surface area contributed by atoms with Gasteiger partial charge in [-0.3, -0.25) is 11.3 Å². The SMILES string of the molecule is CCCCC(NN)c1ccc(Cl)c(F)c1. The maximum atomic E-state index is 13.2. The lowest BCUT2D eigenvalue weighted by Gasteiger charge is -2.16. The monoisotopic (exact) mass is 230 g/mol. The maximum absolute atomic E-state index is 13.2. The van der Waals surface area contributed by atoms with E-state index < -0.39 is 5.82 Å². The lowest BCUT2D eigenvalue weighted by molar-refractivity contribution is 0.492. The molecule has 0 fully saturated rings. The van der Waals surface area contributed by atoms with E-state index in [-0.39, 0.29) is 11.1 Å². The van der Waals surface area contributed by atoms with E-state index in [0.717, 1.165) is 24.8 Å². The van der Waals surface area contributed by atoms with Crippen LogP contribution in [0.15, 0.2) is 18.2 Å². The van der Waals surface area contributed by atoms with Crippen molar-refractivity contribution in [1.29, 1.82) is 0 Å². The molecule has 0 bridgehead atoms. The fourth-order valence-electron chi connectivity index (χ4n) is 1.48. The van der Waals surface area contributed by atoms with E-state index in [0.29, 0.717) is 0 Å². The molecule has 0 aromatic heterocycles. The number of nitrogens with two attached hydrogens (primary N) is 1. The third-order valence-electron chi connectivity index (χ3n) is 2.39. The largest absolute Gasteiger partial charge is 0.271 e. The van der Waals surface area contributed by atoms with Gasteiger partial charge in [0.05, 0.1) is 5.02 Å². The molecule has 1 unspecified atom stereocenters. The van der Waals surface area contributed by atoms with Gasteiger partial charge in [-0.05, 0) is 24.1 Å². The number of hydrogen-bond donors (Lipinski definition) is 2. The van der Waals surface area contributed by atoms with Crippen molar-refractivity contribution in [2.75, 3.05) is 0 Å². The molecular formula is C11H16ClFN2. The Morgan fingerprint density at radius 3 is 2.80 bits per heavy atom. The second-order valence-electron chi connectivity index (χ2n) is 3.54. The van der Waals surface area contributed by atoms with Gasteiger partial charge in [0, 0.05) is 6.04 Å². The van der Waals surface area contributed by atoms with Crippen LogP contribution in [0.5, 0.6) is 0 Å². The van der Waals surface area contributed by atoms with Crippen molar-refractivity contribution in [1.82, 2.24) is 5.43 Å². The van der Waals surface area contributed by atoms with Crippen LogP contribution in [0.25, 0.3) is 0 Å². The smallest absolute Gasteiger partial charge is 0.142 e. The minimum atomic E-state index is -0.397. The van der Waals surface area contributed by atoms with Crippen molar-refractivity contribution < 1.29 is 4.39 Å². The number of rotatable bonds is 5. The third-order valence-corrected chi connectivity index (χ3v) is 2.70. The molecule has 0 aliphatic carbocycles. The van der Waals surface area contributed by atoms with Gasteiger partial charge >= 0.3 is 0 Å². The standard InChI is InChI=1S/C11H16ClFN2/c1-2-3-4-11(15-14)8-5-6-9(12)10(13)7-8/h5-7,11,15H,2-4,14H2,1H3. The highest BCUT2D eigenvalue weighted by atomic mass is 35.5. The summed E-state index contributed by atoms with van der Waals surface area (Å²) in [6.45, 7) is 2.11. The third kappa shape index (κ3) is 3.45. The van der Waals surface area contributed by atoms with Crippen LogP contribution >= 0.6 is 11.6 Å². The molecule has 1 rings (SSSR count). The van der Waals surface area contributed by atoms with Gasteiger partial charge in [0.15, 0.2) is 0 Å². The summed E-state index contributed by atoms with van der Waals surface area (Å²) in [4.78, 5) is 0. The number of unbranched alkanes of at least 4 members (excludes halogenated alkanes) is 1. The van der Waals surface area contributed by atoms with Crippen LogP contribution in [0, 0.1) is 5.82 Å². The molecule has 0 aliphatic heterocycles. The maximum Gasteiger partial charge on any atom is 0.142 e. The van der Waals surface area contributed by atoms with E-state index >= 15 is 0 Å². The molecule has 1 aromatic rings. The molecule has 15 heavy (non-hydrogen) atoms. The highest BCUT2D eigenvalue weighted by molar-refractivity contribution is 6.30. The summed E-state index contributed by atoms with van der Waals surface area (Å²) in [6.07, 6.45) is 3.04. The van der Waals surface area contributed by atoms with Crippen molar-refractivity contribution >= 4 is 11.6 Å². The summed E-state index contributed by atoms with van der Waals surface area (Å²) < 4.78 is 13.2. The zero-order valence-electron chi connectivity index (χ0n) is 8.76. The summed E-state index contributed by atoms with van der Waals surface area (Å²) in [6, 6.07) is 4.79. The zero-order chi connectivity index (χ0) is 11.3. The Kier molecular flexibility index (Phi) is 5.02. The molecule has 84 valence electrons. The van der Waals surface area contributed by atoms with E-state index in [1.54, 1.807) is 12.1 Å². The van der Waals surface area contributed by atoms with Crippen molar-refractivity contribution in [3.63, 3.8) is 0 Å². The first-order chi connectivity index (χ1) is 7.19. The molecule has 1 atom stereocenters. The first kappa shape index (κ1) is 12.4. The van der Waals surface area contributed by atoms with Crippen LogP contribution in [-0.2, 0) is 0 Å². The molecule has 0 saturated heterocycles. The highest BCUT2D eigenvalue weighted by Gasteiger charge is 2.10. The average molecular weight is 231 g/mol. The Morgan fingerprint density at radius 2 is 2.27 bits per heavy atom. The lowest BCUT2D eigenvalue weighted by Crippen LogP contribution is -2.28. The van der Waals surface area contributed by atoms with Crippen LogP contribution in [0.2, 0.25) is 5.02 Å². The number of hydrazine groups is 1. The fraction of sp³-hybridized carbons (Fsp3) is 0.455. The number of halogens is 2. The molecule has 0 heterocycles. The summed E-state index contributed by atoms with van der Waals surface area (Å²) >= 11 is 5.61. The van der Waals surface area contributed by atoms with Crippen LogP contribution < -0.4 is 11.3 Å². The first-order valence-corrected chi connectivity index (χ1v) is 5.48. The van der Waals surface area contributed by atoms with Gasteiger partial charge < -0.3 is 0 Å². The summed E-state index contributed by atoms with van der Waals surface area (Å²) in [7, 11) is 0. The van der Waals surface area contributed by atoms with Crippen molar-refractivity contribution in [2.24, 2.45) is 5.84 Å². The zero-order valence-corrected chi connectivity index (χ0v) is 9.52. The van der Waals surface area contributed by atoms with E-state index in [2.05, 4.69) is 12.3 Å². The van der Waals surface area contributed by atoms with Crippen LogP contribution in [0.3, 0.4) is 0 Å². The molecule has 0 spiro atoms. The minimum absolute atomic E-state index is 0.00304. The van der Waals surface area contributed by atoms with Crippen LogP contribution in [0.4, 0.5) is 4.39 Å². The van der Waals surface area contributed by atoms with Gasteiger partial charge in [-0.2, -0.15) is 0 Å². The van der Waals surface area contributed by atoms with Gasteiger partial charge in [-0.25, -0.2) is 4.39 Å². The topological polar surface area (TPSA) is 38.0 Å². The lowest BCUT2D eigenvalue weighted by atomic mass is 10.0. The van der Waals surface area contributed by atoms with E-state index in [1.807, 2.05) is 0 Å². The van der Waals surface area contributed by atoms with Crippen LogP contribution in [-0.4, -0.2) is 0 Å². The summed E-state index contributed by atoms with van der Waals surface area (Å²) in [5.74, 6) is 5.03.